The van der Waals surface area contributed by atoms with Crippen molar-refractivity contribution in [3.05, 3.63) is 34.9 Å². The number of ether oxygens (including phenoxy) is 1. The molecule has 1 aromatic carbocycles. The molecule has 4 aliphatic rings. The van der Waals surface area contributed by atoms with Crippen molar-refractivity contribution in [1.29, 1.82) is 0 Å². The van der Waals surface area contributed by atoms with E-state index >= 15 is 0 Å². The fourth-order valence-corrected chi connectivity index (χ4v) is 7.44. The van der Waals surface area contributed by atoms with Gasteiger partial charge in [-0.15, -0.1) is 0 Å². The molecule has 1 aromatic rings. The summed E-state index contributed by atoms with van der Waals surface area (Å²) in [6.07, 6.45) is 6.08. The van der Waals surface area contributed by atoms with E-state index in [1.165, 1.54) is 5.56 Å². The number of carbonyl (C=O) groups is 2. The summed E-state index contributed by atoms with van der Waals surface area (Å²) in [7, 11) is 0. The molecule has 1 unspecified atom stereocenters. The second-order valence-corrected chi connectivity index (χ2v) is 14.7. The Hall–Kier alpha value is -1.63. The van der Waals surface area contributed by atoms with Crippen LogP contribution in [0.5, 0.6) is 0 Å². The van der Waals surface area contributed by atoms with Gasteiger partial charge in [-0.3, -0.25) is 14.5 Å². The highest BCUT2D eigenvalue weighted by Gasteiger charge is 2.46. The Morgan fingerprint density at radius 3 is 2.28 bits per heavy atom. The minimum Gasteiger partial charge on any atom is -0.381 e. The van der Waals surface area contributed by atoms with Crippen molar-refractivity contribution in [1.82, 2.24) is 14.7 Å². The number of halogens is 1. The van der Waals surface area contributed by atoms with Crippen LogP contribution in [0.25, 0.3) is 0 Å². The largest absolute Gasteiger partial charge is 0.381 e. The predicted octanol–water partition coefficient (Wildman–Crippen LogP) is 5.59. The number of hydrogen-bond acceptors (Lipinski definition) is 4. The number of amides is 2. The molecular weight excluding hydrogens is 510 g/mol. The molecule has 1 saturated carbocycles. The normalized spacial score (nSPS) is 30.2. The van der Waals surface area contributed by atoms with E-state index in [1.54, 1.807) is 0 Å². The molecule has 0 bridgehead atoms. The molecule has 0 N–H and O–H groups in total. The fourth-order valence-electron chi connectivity index (χ4n) is 7.31. The lowest BCUT2D eigenvalue weighted by molar-refractivity contribution is -0.143. The van der Waals surface area contributed by atoms with E-state index in [2.05, 4.69) is 61.5 Å². The van der Waals surface area contributed by atoms with Gasteiger partial charge in [0, 0.05) is 55.3 Å². The lowest BCUT2D eigenvalue weighted by Crippen LogP contribution is -2.52. The number of likely N-dealkylation sites (tertiary alicyclic amines) is 2. The topological polar surface area (TPSA) is 53.1 Å². The molecule has 4 fully saturated rings. The van der Waals surface area contributed by atoms with Gasteiger partial charge in [-0.2, -0.15) is 0 Å². The van der Waals surface area contributed by atoms with Gasteiger partial charge in [-0.05, 0) is 82.4 Å². The zero-order valence-electron chi connectivity index (χ0n) is 24.6. The number of hydrogen-bond donors (Lipinski definition) is 0. The molecule has 4 atom stereocenters. The summed E-state index contributed by atoms with van der Waals surface area (Å²) in [5.74, 6) is 0.518. The van der Waals surface area contributed by atoms with Crippen molar-refractivity contribution in [3.8, 4) is 0 Å². The van der Waals surface area contributed by atoms with Crippen molar-refractivity contribution in [2.75, 3.05) is 39.4 Å². The van der Waals surface area contributed by atoms with Gasteiger partial charge in [-0.25, -0.2) is 0 Å². The van der Waals surface area contributed by atoms with Gasteiger partial charge < -0.3 is 14.5 Å². The zero-order chi connectivity index (χ0) is 27.9. The van der Waals surface area contributed by atoms with Crippen LogP contribution in [0.1, 0.15) is 84.6 Å². The molecule has 3 heterocycles. The average Bonchev–Trinajstić information content (AvgIpc) is 3.65. The van der Waals surface area contributed by atoms with Crippen LogP contribution in [0.2, 0.25) is 5.02 Å². The molecule has 3 aliphatic heterocycles. The van der Waals surface area contributed by atoms with Crippen LogP contribution in [0, 0.1) is 17.3 Å². The quantitative estimate of drug-likeness (QED) is 0.473. The van der Waals surface area contributed by atoms with E-state index in [0.717, 1.165) is 63.2 Å². The smallest absolute Gasteiger partial charge is 0.228 e. The maximum absolute atomic E-state index is 14.2. The van der Waals surface area contributed by atoms with E-state index < -0.39 is 0 Å². The Balaban J connectivity index is 1.33. The lowest BCUT2D eigenvalue weighted by atomic mass is 9.75. The van der Waals surface area contributed by atoms with Crippen LogP contribution in [0.15, 0.2) is 24.3 Å². The number of benzene rings is 1. The van der Waals surface area contributed by atoms with E-state index in [-0.39, 0.29) is 47.2 Å². The van der Waals surface area contributed by atoms with E-state index in [0.29, 0.717) is 25.2 Å². The number of carbonyl (C=O) groups excluding carboxylic acids is 2. The molecule has 216 valence electrons. The van der Waals surface area contributed by atoms with Crippen molar-refractivity contribution in [2.45, 2.75) is 96.7 Å². The van der Waals surface area contributed by atoms with Crippen LogP contribution in [-0.2, 0) is 14.3 Å². The molecule has 5 rings (SSSR count). The molecule has 7 heteroatoms. The van der Waals surface area contributed by atoms with Crippen LogP contribution in [0.3, 0.4) is 0 Å². The minimum atomic E-state index is -0.0907. The summed E-state index contributed by atoms with van der Waals surface area (Å²) in [5, 5.41) is 0.721. The minimum absolute atomic E-state index is 0.00538. The second kappa shape index (κ2) is 11.3. The molecule has 39 heavy (non-hydrogen) atoms. The van der Waals surface area contributed by atoms with Crippen molar-refractivity contribution in [3.63, 3.8) is 0 Å². The van der Waals surface area contributed by atoms with Gasteiger partial charge in [-0.1, -0.05) is 37.6 Å². The summed E-state index contributed by atoms with van der Waals surface area (Å²) in [6.45, 7) is 15.6. The molecular formula is C32H48ClN3O3. The summed E-state index contributed by atoms with van der Waals surface area (Å²) < 4.78 is 5.61. The maximum Gasteiger partial charge on any atom is 0.228 e. The highest BCUT2D eigenvalue weighted by molar-refractivity contribution is 6.30. The highest BCUT2D eigenvalue weighted by Crippen LogP contribution is 2.41. The Bertz CT molecular complexity index is 1020. The molecule has 6 nitrogen and oxygen atoms in total. The van der Waals surface area contributed by atoms with Gasteiger partial charge in [0.25, 0.3) is 0 Å². The molecule has 3 saturated heterocycles. The standard InChI is InChI=1S/C32H48ClN3O3/c1-31(2,3)35-19-27(22-6-8-24(33)9-7-22)28(20-35)30(38)34-16-12-26(18-34)36(29(37)23-13-17-39-21-23)25-10-14-32(4,5)15-11-25/h6-9,23,25-28H,10-21H2,1-5H3/t23?,26-,27-,28+/m0/s1. The van der Waals surface area contributed by atoms with Gasteiger partial charge in [0.15, 0.2) is 0 Å². The summed E-state index contributed by atoms with van der Waals surface area (Å²) in [4.78, 5) is 34.8. The first-order valence-electron chi connectivity index (χ1n) is 15.1. The summed E-state index contributed by atoms with van der Waals surface area (Å²) in [6, 6.07) is 8.41. The first-order chi connectivity index (χ1) is 18.4. The van der Waals surface area contributed by atoms with Crippen LogP contribution in [0.4, 0.5) is 0 Å². The van der Waals surface area contributed by atoms with E-state index in [4.69, 9.17) is 16.3 Å². The maximum atomic E-state index is 14.2. The first-order valence-corrected chi connectivity index (χ1v) is 15.5. The average molecular weight is 558 g/mol. The molecule has 0 radical (unpaired) electrons. The molecule has 0 aromatic heterocycles. The van der Waals surface area contributed by atoms with Crippen LogP contribution < -0.4 is 0 Å². The van der Waals surface area contributed by atoms with Crippen LogP contribution in [-0.4, -0.2) is 83.5 Å². The van der Waals surface area contributed by atoms with Crippen LogP contribution >= 0.6 is 11.6 Å². The van der Waals surface area contributed by atoms with Crippen molar-refractivity contribution >= 4 is 23.4 Å². The fraction of sp³-hybridized carbons (Fsp3) is 0.750. The Morgan fingerprint density at radius 2 is 1.67 bits per heavy atom. The molecule has 2 amide bonds. The van der Waals surface area contributed by atoms with Crippen molar-refractivity contribution < 1.29 is 14.3 Å². The third-order valence-electron chi connectivity index (χ3n) is 9.99. The third-order valence-corrected chi connectivity index (χ3v) is 10.2. The Labute approximate surface area is 240 Å². The van der Waals surface area contributed by atoms with Gasteiger partial charge in [0.1, 0.15) is 0 Å². The van der Waals surface area contributed by atoms with E-state index in [1.807, 2.05) is 12.1 Å². The Morgan fingerprint density at radius 1 is 0.974 bits per heavy atom. The SMILES string of the molecule is CC1(C)CCC(N(C(=O)C2CCOC2)[C@H]2CCN(C(=O)[C@@H]3CN(C(C)(C)C)C[C@H]3c3ccc(Cl)cc3)C2)CC1. The van der Waals surface area contributed by atoms with Gasteiger partial charge in [0.05, 0.1) is 24.5 Å². The van der Waals surface area contributed by atoms with Crippen molar-refractivity contribution in [2.24, 2.45) is 17.3 Å². The number of rotatable bonds is 5. The summed E-state index contributed by atoms with van der Waals surface area (Å²) in [5.41, 5.74) is 1.52. The predicted molar refractivity (Wildman–Crippen MR) is 156 cm³/mol. The van der Waals surface area contributed by atoms with E-state index in [9.17, 15) is 9.59 Å². The first kappa shape index (κ1) is 28.9. The van der Waals surface area contributed by atoms with Gasteiger partial charge in [0.2, 0.25) is 11.8 Å². The highest BCUT2D eigenvalue weighted by atomic mass is 35.5. The molecule has 1 aliphatic carbocycles. The Kier molecular flexibility index (Phi) is 8.39. The monoisotopic (exact) mass is 557 g/mol. The second-order valence-electron chi connectivity index (χ2n) is 14.3. The van der Waals surface area contributed by atoms with Gasteiger partial charge >= 0.3 is 0 Å². The summed E-state index contributed by atoms with van der Waals surface area (Å²) >= 11 is 6.19. The molecule has 0 spiro atoms. The third kappa shape index (κ3) is 6.33. The lowest BCUT2D eigenvalue weighted by Gasteiger charge is -2.43. The number of nitrogens with zero attached hydrogens (tertiary/aromatic N) is 3. The zero-order valence-corrected chi connectivity index (χ0v) is 25.4.